The minimum atomic E-state index is -0.0589. The van der Waals surface area contributed by atoms with Gasteiger partial charge in [0.25, 0.3) is 0 Å². The van der Waals surface area contributed by atoms with Crippen molar-refractivity contribution in [2.24, 2.45) is 17.1 Å². The molecule has 19 heavy (non-hydrogen) atoms. The molecule has 1 amide bonds. The molecule has 1 aliphatic carbocycles. The average molecular weight is 291 g/mol. The largest absolute Gasteiger partial charge is 0.345 e. The molecule has 1 saturated carbocycles. The van der Waals surface area contributed by atoms with Crippen molar-refractivity contribution in [3.05, 3.63) is 0 Å². The predicted molar refractivity (Wildman–Crippen MR) is 83.5 cm³/mol. The molecule has 0 spiro atoms. The standard InChI is InChI=1S/C15H30N2O.ClH/c1-5-15(9-6-7-10-15)14(18)17(4)11-8-13(16)12(2)3;/h12-13H,5-11,16H2,1-4H3;1H. The van der Waals surface area contributed by atoms with Gasteiger partial charge < -0.3 is 10.6 Å². The molecule has 0 aromatic rings. The number of carbonyl (C=O) groups is 1. The highest BCUT2D eigenvalue weighted by Crippen LogP contribution is 2.42. The zero-order valence-corrected chi connectivity index (χ0v) is 13.8. The second-order valence-corrected chi connectivity index (χ2v) is 6.26. The molecule has 1 fully saturated rings. The fraction of sp³-hybridized carbons (Fsp3) is 0.933. The van der Waals surface area contributed by atoms with Crippen LogP contribution in [0.2, 0.25) is 0 Å². The van der Waals surface area contributed by atoms with E-state index >= 15 is 0 Å². The van der Waals surface area contributed by atoms with Crippen LogP contribution in [0.25, 0.3) is 0 Å². The van der Waals surface area contributed by atoms with Crippen LogP contribution in [-0.2, 0) is 4.79 Å². The molecule has 4 heteroatoms. The van der Waals surface area contributed by atoms with Gasteiger partial charge in [-0.1, -0.05) is 33.6 Å². The Morgan fingerprint density at radius 1 is 1.32 bits per heavy atom. The molecule has 1 rings (SSSR count). The van der Waals surface area contributed by atoms with Crippen LogP contribution in [0.5, 0.6) is 0 Å². The number of hydrogen-bond acceptors (Lipinski definition) is 2. The van der Waals surface area contributed by atoms with Gasteiger partial charge in [-0.3, -0.25) is 4.79 Å². The highest BCUT2D eigenvalue weighted by Gasteiger charge is 2.40. The fourth-order valence-corrected chi connectivity index (χ4v) is 2.95. The first-order chi connectivity index (χ1) is 8.43. The number of carbonyl (C=O) groups excluding carboxylic acids is 1. The molecule has 0 aromatic heterocycles. The number of hydrogen-bond donors (Lipinski definition) is 1. The summed E-state index contributed by atoms with van der Waals surface area (Å²) < 4.78 is 0. The van der Waals surface area contributed by atoms with Crippen LogP contribution in [0, 0.1) is 11.3 Å². The lowest BCUT2D eigenvalue weighted by Crippen LogP contribution is -2.42. The van der Waals surface area contributed by atoms with Crippen LogP contribution in [0.3, 0.4) is 0 Å². The van der Waals surface area contributed by atoms with Crippen molar-refractivity contribution < 1.29 is 4.79 Å². The summed E-state index contributed by atoms with van der Waals surface area (Å²) in [7, 11) is 1.94. The summed E-state index contributed by atoms with van der Waals surface area (Å²) in [6.07, 6.45) is 6.44. The van der Waals surface area contributed by atoms with Crippen molar-refractivity contribution in [3.63, 3.8) is 0 Å². The summed E-state index contributed by atoms with van der Waals surface area (Å²) >= 11 is 0. The van der Waals surface area contributed by atoms with Crippen LogP contribution in [-0.4, -0.2) is 30.4 Å². The second kappa shape index (κ2) is 8.11. The van der Waals surface area contributed by atoms with Crippen molar-refractivity contribution in [2.75, 3.05) is 13.6 Å². The predicted octanol–water partition coefficient (Wildman–Crippen LogP) is 3.21. The summed E-state index contributed by atoms with van der Waals surface area (Å²) in [4.78, 5) is 14.5. The van der Waals surface area contributed by atoms with Crippen LogP contribution < -0.4 is 5.73 Å². The normalized spacial score (nSPS) is 19.1. The van der Waals surface area contributed by atoms with Gasteiger partial charge in [0.1, 0.15) is 0 Å². The SMILES string of the molecule is CCC1(C(=O)N(C)CCC(N)C(C)C)CCCC1.Cl. The number of nitrogens with zero attached hydrogens (tertiary/aromatic N) is 1. The maximum atomic E-state index is 12.6. The summed E-state index contributed by atoms with van der Waals surface area (Å²) in [5, 5.41) is 0. The molecule has 0 aliphatic heterocycles. The molecule has 114 valence electrons. The van der Waals surface area contributed by atoms with Crippen molar-refractivity contribution in [1.82, 2.24) is 4.90 Å². The zero-order valence-electron chi connectivity index (χ0n) is 12.9. The minimum absolute atomic E-state index is 0. The number of amides is 1. The molecule has 0 bridgehead atoms. The fourth-order valence-electron chi connectivity index (χ4n) is 2.95. The van der Waals surface area contributed by atoms with Crippen LogP contribution in [0.1, 0.15) is 59.3 Å². The van der Waals surface area contributed by atoms with E-state index in [2.05, 4.69) is 20.8 Å². The van der Waals surface area contributed by atoms with Crippen molar-refractivity contribution >= 4 is 18.3 Å². The molecule has 2 N–H and O–H groups in total. The summed E-state index contributed by atoms with van der Waals surface area (Å²) in [5.41, 5.74) is 5.99. The zero-order chi connectivity index (χ0) is 13.8. The number of rotatable bonds is 6. The van der Waals surface area contributed by atoms with E-state index in [1.807, 2.05) is 11.9 Å². The van der Waals surface area contributed by atoms with Crippen LogP contribution in [0.4, 0.5) is 0 Å². The van der Waals surface area contributed by atoms with E-state index < -0.39 is 0 Å². The Hall–Kier alpha value is -0.280. The van der Waals surface area contributed by atoms with Crippen molar-refractivity contribution in [3.8, 4) is 0 Å². The van der Waals surface area contributed by atoms with Gasteiger partial charge in [-0.2, -0.15) is 0 Å². The number of nitrogens with two attached hydrogens (primary N) is 1. The maximum Gasteiger partial charge on any atom is 0.228 e. The van der Waals surface area contributed by atoms with Crippen LogP contribution in [0.15, 0.2) is 0 Å². The van der Waals surface area contributed by atoms with E-state index in [-0.39, 0.29) is 23.9 Å². The van der Waals surface area contributed by atoms with Gasteiger partial charge in [0.2, 0.25) is 5.91 Å². The molecule has 1 unspecified atom stereocenters. The average Bonchev–Trinajstić information content (AvgIpc) is 2.84. The monoisotopic (exact) mass is 290 g/mol. The minimum Gasteiger partial charge on any atom is -0.345 e. The molecule has 0 heterocycles. The van der Waals surface area contributed by atoms with E-state index in [1.165, 1.54) is 12.8 Å². The molecule has 0 saturated heterocycles. The molecule has 0 aromatic carbocycles. The van der Waals surface area contributed by atoms with Gasteiger partial charge in [-0.15, -0.1) is 12.4 Å². The van der Waals surface area contributed by atoms with Gasteiger partial charge in [0.15, 0.2) is 0 Å². The Morgan fingerprint density at radius 3 is 2.26 bits per heavy atom. The Labute approximate surface area is 124 Å². The molecular formula is C15H31ClN2O. The van der Waals surface area contributed by atoms with Crippen LogP contribution >= 0.6 is 12.4 Å². The third-order valence-corrected chi connectivity index (χ3v) is 4.69. The summed E-state index contributed by atoms with van der Waals surface area (Å²) in [6, 6.07) is 0.196. The molecule has 3 nitrogen and oxygen atoms in total. The summed E-state index contributed by atoms with van der Waals surface area (Å²) in [5.74, 6) is 0.832. The first-order valence-corrected chi connectivity index (χ1v) is 7.44. The van der Waals surface area contributed by atoms with Crippen molar-refractivity contribution in [2.45, 2.75) is 65.3 Å². The Morgan fingerprint density at radius 2 is 1.84 bits per heavy atom. The Balaban J connectivity index is 0.00000324. The first-order valence-electron chi connectivity index (χ1n) is 7.44. The lowest BCUT2D eigenvalue weighted by atomic mass is 9.82. The third kappa shape index (κ3) is 4.64. The Kier molecular flexibility index (Phi) is 7.99. The third-order valence-electron chi connectivity index (χ3n) is 4.69. The van der Waals surface area contributed by atoms with E-state index in [1.54, 1.807) is 0 Å². The van der Waals surface area contributed by atoms with Crippen molar-refractivity contribution in [1.29, 1.82) is 0 Å². The number of halogens is 1. The Bertz CT molecular complexity index is 275. The first kappa shape index (κ1) is 18.7. The quantitative estimate of drug-likeness (QED) is 0.816. The van der Waals surface area contributed by atoms with Gasteiger partial charge in [-0.25, -0.2) is 0 Å². The molecule has 1 aliphatic rings. The molecule has 0 radical (unpaired) electrons. The lowest BCUT2D eigenvalue weighted by Gasteiger charge is -2.32. The smallest absolute Gasteiger partial charge is 0.228 e. The molecular weight excluding hydrogens is 260 g/mol. The van der Waals surface area contributed by atoms with Gasteiger partial charge in [0, 0.05) is 25.0 Å². The van der Waals surface area contributed by atoms with Gasteiger partial charge >= 0.3 is 0 Å². The van der Waals surface area contributed by atoms with Gasteiger partial charge in [0.05, 0.1) is 0 Å². The van der Waals surface area contributed by atoms with E-state index in [9.17, 15) is 4.79 Å². The highest BCUT2D eigenvalue weighted by atomic mass is 35.5. The lowest BCUT2D eigenvalue weighted by molar-refractivity contribution is -0.140. The van der Waals surface area contributed by atoms with E-state index in [0.29, 0.717) is 11.8 Å². The second-order valence-electron chi connectivity index (χ2n) is 6.26. The molecule has 1 atom stereocenters. The maximum absolute atomic E-state index is 12.6. The van der Waals surface area contributed by atoms with E-state index in [0.717, 1.165) is 32.2 Å². The van der Waals surface area contributed by atoms with E-state index in [4.69, 9.17) is 5.73 Å². The topological polar surface area (TPSA) is 46.3 Å². The van der Waals surface area contributed by atoms with Gasteiger partial charge in [-0.05, 0) is 31.6 Å². The highest BCUT2D eigenvalue weighted by molar-refractivity contribution is 5.85. The summed E-state index contributed by atoms with van der Waals surface area (Å²) in [6.45, 7) is 7.21.